The Bertz CT molecular complexity index is 567. The van der Waals surface area contributed by atoms with Crippen LogP contribution in [-0.2, 0) is 13.1 Å². The molecule has 0 aromatic heterocycles. The maximum atomic E-state index is 9.38. The Balaban J connectivity index is 1.94. The topological polar surface area (TPSA) is 52.5 Å². The van der Waals surface area contributed by atoms with Gasteiger partial charge in [0.2, 0.25) is 0 Å². The zero-order valence-corrected chi connectivity index (χ0v) is 11.5. The number of nitrogens with one attached hydrogen (secondary N) is 1. The monoisotopic (exact) mass is 297 g/mol. The molecule has 3 N–H and O–H groups in total. The molecule has 0 saturated carbocycles. The van der Waals surface area contributed by atoms with Crippen molar-refractivity contribution in [1.82, 2.24) is 5.32 Å². The van der Waals surface area contributed by atoms with Crippen molar-refractivity contribution in [2.75, 3.05) is 0 Å². The van der Waals surface area contributed by atoms with Crippen LogP contribution < -0.4 is 5.32 Å². The van der Waals surface area contributed by atoms with Crippen molar-refractivity contribution in [1.29, 1.82) is 0 Å². The van der Waals surface area contributed by atoms with Crippen LogP contribution in [0.3, 0.4) is 0 Å². The lowest BCUT2D eigenvalue weighted by molar-refractivity contribution is 0.403. The SMILES string of the molecule is Oc1ccc(CNCc2cc(Cl)cc(Cl)c2)cc1O. The fourth-order valence-corrected chi connectivity index (χ4v) is 2.31. The van der Waals surface area contributed by atoms with Gasteiger partial charge in [0, 0.05) is 23.1 Å². The zero-order chi connectivity index (χ0) is 13.8. The number of phenolic OH excluding ortho intramolecular Hbond substituents is 2. The first kappa shape index (κ1) is 14.0. The number of hydrogen-bond acceptors (Lipinski definition) is 3. The van der Waals surface area contributed by atoms with Gasteiger partial charge < -0.3 is 15.5 Å². The molecule has 0 aliphatic carbocycles. The molecule has 0 bridgehead atoms. The van der Waals surface area contributed by atoms with E-state index in [0.29, 0.717) is 23.1 Å². The maximum absolute atomic E-state index is 9.38. The van der Waals surface area contributed by atoms with Gasteiger partial charge in [-0.2, -0.15) is 0 Å². The minimum Gasteiger partial charge on any atom is -0.504 e. The van der Waals surface area contributed by atoms with Crippen LogP contribution in [-0.4, -0.2) is 10.2 Å². The Morgan fingerprint density at radius 2 is 1.42 bits per heavy atom. The number of hydrogen-bond donors (Lipinski definition) is 3. The molecule has 0 atom stereocenters. The van der Waals surface area contributed by atoms with Crippen molar-refractivity contribution < 1.29 is 10.2 Å². The highest BCUT2D eigenvalue weighted by Crippen LogP contribution is 2.24. The molecule has 0 unspecified atom stereocenters. The summed E-state index contributed by atoms with van der Waals surface area (Å²) in [6.07, 6.45) is 0. The molecule has 0 radical (unpaired) electrons. The van der Waals surface area contributed by atoms with Gasteiger partial charge in [0.25, 0.3) is 0 Å². The predicted octanol–water partition coefficient (Wildman–Crippen LogP) is 3.69. The summed E-state index contributed by atoms with van der Waals surface area (Å²) in [5.74, 6) is -0.240. The Morgan fingerprint density at radius 3 is 2.05 bits per heavy atom. The van der Waals surface area contributed by atoms with Crippen molar-refractivity contribution in [2.45, 2.75) is 13.1 Å². The normalized spacial score (nSPS) is 10.6. The van der Waals surface area contributed by atoms with Gasteiger partial charge >= 0.3 is 0 Å². The zero-order valence-electron chi connectivity index (χ0n) is 10.0. The van der Waals surface area contributed by atoms with E-state index >= 15 is 0 Å². The summed E-state index contributed by atoms with van der Waals surface area (Å²) in [4.78, 5) is 0. The third-order valence-electron chi connectivity index (χ3n) is 2.62. The van der Waals surface area contributed by atoms with Gasteiger partial charge in [-0.25, -0.2) is 0 Å². The molecule has 0 fully saturated rings. The van der Waals surface area contributed by atoms with Gasteiger partial charge in [-0.15, -0.1) is 0 Å². The van der Waals surface area contributed by atoms with E-state index in [4.69, 9.17) is 23.2 Å². The van der Waals surface area contributed by atoms with Crippen LogP contribution in [0.5, 0.6) is 11.5 Å². The summed E-state index contributed by atoms with van der Waals surface area (Å²) in [5.41, 5.74) is 1.86. The van der Waals surface area contributed by atoms with Gasteiger partial charge in [-0.05, 0) is 41.5 Å². The number of halogens is 2. The molecule has 2 aromatic rings. The van der Waals surface area contributed by atoms with Gasteiger partial charge in [0.1, 0.15) is 0 Å². The smallest absolute Gasteiger partial charge is 0.157 e. The molecule has 0 amide bonds. The quantitative estimate of drug-likeness (QED) is 0.754. The van der Waals surface area contributed by atoms with Crippen LogP contribution >= 0.6 is 23.2 Å². The molecule has 0 aliphatic heterocycles. The third-order valence-corrected chi connectivity index (χ3v) is 3.06. The summed E-state index contributed by atoms with van der Waals surface area (Å²) in [6.45, 7) is 1.18. The largest absolute Gasteiger partial charge is 0.504 e. The lowest BCUT2D eigenvalue weighted by Crippen LogP contribution is -2.12. The average molecular weight is 298 g/mol. The van der Waals surface area contributed by atoms with Crippen LogP contribution in [0.25, 0.3) is 0 Å². The van der Waals surface area contributed by atoms with Crippen molar-refractivity contribution in [2.24, 2.45) is 0 Å². The molecular formula is C14H13Cl2NO2. The lowest BCUT2D eigenvalue weighted by Gasteiger charge is -2.07. The van der Waals surface area contributed by atoms with E-state index in [1.165, 1.54) is 12.1 Å². The highest BCUT2D eigenvalue weighted by Gasteiger charge is 2.01. The second-order valence-corrected chi connectivity index (χ2v) is 5.08. The summed E-state index contributed by atoms with van der Waals surface area (Å²) < 4.78 is 0. The first-order valence-corrected chi connectivity index (χ1v) is 6.47. The summed E-state index contributed by atoms with van der Waals surface area (Å²) in [6, 6.07) is 10.1. The third kappa shape index (κ3) is 4.03. The number of aromatic hydroxyl groups is 2. The minimum absolute atomic E-state index is 0.120. The predicted molar refractivity (Wildman–Crippen MR) is 76.8 cm³/mol. The van der Waals surface area contributed by atoms with E-state index in [2.05, 4.69) is 5.32 Å². The number of benzene rings is 2. The maximum Gasteiger partial charge on any atom is 0.157 e. The first-order chi connectivity index (χ1) is 9.04. The molecule has 3 nitrogen and oxygen atoms in total. The first-order valence-electron chi connectivity index (χ1n) is 5.71. The van der Waals surface area contributed by atoms with Crippen molar-refractivity contribution >= 4 is 23.2 Å². The van der Waals surface area contributed by atoms with Crippen molar-refractivity contribution in [3.05, 3.63) is 57.6 Å². The van der Waals surface area contributed by atoms with Crippen molar-refractivity contribution in [3.8, 4) is 11.5 Å². The highest BCUT2D eigenvalue weighted by atomic mass is 35.5. The Hall–Kier alpha value is -1.42. The van der Waals surface area contributed by atoms with Crippen LogP contribution in [0, 0.1) is 0 Å². The number of phenols is 2. The lowest BCUT2D eigenvalue weighted by atomic mass is 10.2. The van der Waals surface area contributed by atoms with Crippen LogP contribution in [0.15, 0.2) is 36.4 Å². The average Bonchev–Trinajstić information content (AvgIpc) is 2.32. The molecule has 2 rings (SSSR count). The van der Waals surface area contributed by atoms with Crippen LogP contribution in [0.2, 0.25) is 10.0 Å². The van der Waals surface area contributed by atoms with Gasteiger partial charge in [-0.3, -0.25) is 0 Å². The Kier molecular flexibility index (Phi) is 4.53. The summed E-state index contributed by atoms with van der Waals surface area (Å²) >= 11 is 11.8. The van der Waals surface area contributed by atoms with Crippen molar-refractivity contribution in [3.63, 3.8) is 0 Å². The summed E-state index contributed by atoms with van der Waals surface area (Å²) in [5, 5.41) is 23.0. The molecule has 100 valence electrons. The molecule has 0 aliphatic rings. The highest BCUT2D eigenvalue weighted by molar-refractivity contribution is 6.34. The number of rotatable bonds is 4. The Labute approximate surface area is 121 Å². The molecule has 0 heterocycles. The molecular weight excluding hydrogens is 285 g/mol. The van der Waals surface area contributed by atoms with Gasteiger partial charge in [-0.1, -0.05) is 29.3 Å². The Morgan fingerprint density at radius 1 is 0.789 bits per heavy atom. The minimum atomic E-state index is -0.120. The molecule has 0 saturated heterocycles. The van der Waals surface area contributed by atoms with E-state index in [-0.39, 0.29) is 11.5 Å². The van der Waals surface area contributed by atoms with E-state index in [0.717, 1.165) is 11.1 Å². The van der Waals surface area contributed by atoms with Gasteiger partial charge in [0.05, 0.1) is 0 Å². The molecule has 5 heteroatoms. The van der Waals surface area contributed by atoms with E-state index in [1.54, 1.807) is 12.1 Å². The second-order valence-electron chi connectivity index (χ2n) is 4.20. The molecule has 2 aromatic carbocycles. The van der Waals surface area contributed by atoms with E-state index < -0.39 is 0 Å². The fraction of sp³-hybridized carbons (Fsp3) is 0.143. The molecule has 19 heavy (non-hydrogen) atoms. The van der Waals surface area contributed by atoms with Crippen LogP contribution in [0.4, 0.5) is 0 Å². The second kappa shape index (κ2) is 6.15. The van der Waals surface area contributed by atoms with Gasteiger partial charge in [0.15, 0.2) is 11.5 Å². The fourth-order valence-electron chi connectivity index (χ4n) is 1.74. The summed E-state index contributed by atoms with van der Waals surface area (Å²) in [7, 11) is 0. The van der Waals surface area contributed by atoms with E-state index in [1.807, 2.05) is 12.1 Å². The molecule has 0 spiro atoms. The van der Waals surface area contributed by atoms with Crippen LogP contribution in [0.1, 0.15) is 11.1 Å². The van der Waals surface area contributed by atoms with E-state index in [9.17, 15) is 10.2 Å². The standard InChI is InChI=1S/C14H13Cl2NO2/c15-11-3-10(4-12(16)6-11)8-17-7-9-1-2-13(18)14(19)5-9/h1-6,17-19H,7-8H2.